The number of aromatic nitrogens is 2. The van der Waals surface area contributed by atoms with Gasteiger partial charge in [-0.3, -0.25) is 0 Å². The van der Waals surface area contributed by atoms with Gasteiger partial charge in [-0.25, -0.2) is 14.7 Å². The zero-order chi connectivity index (χ0) is 11.7. The number of aliphatic imine (C=N–C) groups is 1. The number of hydrogen-bond donors (Lipinski definition) is 0. The van der Waals surface area contributed by atoms with Crippen molar-refractivity contribution in [3.8, 4) is 6.07 Å². The van der Waals surface area contributed by atoms with Gasteiger partial charge in [0.25, 0.3) is 0 Å². The third kappa shape index (κ3) is 1.80. The maximum absolute atomic E-state index is 8.70. The molecule has 1 saturated heterocycles. The molecule has 0 amide bonds. The molecule has 3 rings (SSSR count). The van der Waals surface area contributed by atoms with E-state index in [1.807, 2.05) is 12.5 Å². The summed E-state index contributed by atoms with van der Waals surface area (Å²) in [7, 11) is 0. The molecule has 2 aliphatic heterocycles. The molecule has 5 heteroatoms. The van der Waals surface area contributed by atoms with Crippen LogP contribution in [-0.2, 0) is 6.42 Å². The van der Waals surface area contributed by atoms with Gasteiger partial charge in [0.15, 0.2) is 5.82 Å². The van der Waals surface area contributed by atoms with Gasteiger partial charge in [-0.2, -0.15) is 5.26 Å². The zero-order valence-electron chi connectivity index (χ0n) is 9.71. The Bertz CT molecular complexity index is 474. The van der Waals surface area contributed by atoms with Crippen LogP contribution in [0.4, 0.5) is 5.82 Å². The van der Waals surface area contributed by atoms with E-state index < -0.39 is 0 Å². The maximum Gasteiger partial charge on any atom is 0.175 e. The third-order valence-corrected chi connectivity index (χ3v) is 3.60. The van der Waals surface area contributed by atoms with E-state index in [2.05, 4.69) is 25.7 Å². The Morgan fingerprint density at radius 2 is 2.24 bits per heavy atom. The van der Waals surface area contributed by atoms with Gasteiger partial charge in [-0.05, 0) is 18.8 Å². The average Bonchev–Trinajstić information content (AvgIpc) is 2.93. The van der Waals surface area contributed by atoms with Crippen LogP contribution in [0.3, 0.4) is 0 Å². The minimum Gasteiger partial charge on any atom is -0.312 e. The van der Waals surface area contributed by atoms with E-state index in [-0.39, 0.29) is 0 Å². The van der Waals surface area contributed by atoms with Crippen LogP contribution in [0.2, 0.25) is 0 Å². The van der Waals surface area contributed by atoms with Crippen molar-refractivity contribution < 1.29 is 0 Å². The molecular formula is C12H15N5. The van der Waals surface area contributed by atoms with Crippen molar-refractivity contribution in [2.24, 2.45) is 10.9 Å². The van der Waals surface area contributed by atoms with E-state index in [9.17, 15) is 0 Å². The van der Waals surface area contributed by atoms with Gasteiger partial charge in [0.1, 0.15) is 6.33 Å². The first-order valence-electron chi connectivity index (χ1n) is 6.09. The summed E-state index contributed by atoms with van der Waals surface area (Å²) in [6.07, 6.45) is 7.55. The van der Waals surface area contributed by atoms with E-state index in [0.29, 0.717) is 12.3 Å². The zero-order valence-corrected chi connectivity index (χ0v) is 9.71. The number of fused-ring (bicyclic) bond motifs is 1. The summed E-state index contributed by atoms with van der Waals surface area (Å²) in [4.78, 5) is 8.53. The molecule has 1 fully saturated rings. The van der Waals surface area contributed by atoms with Gasteiger partial charge in [-0.1, -0.05) is 0 Å². The molecule has 0 atom stereocenters. The predicted octanol–water partition coefficient (Wildman–Crippen LogP) is 1.40. The summed E-state index contributed by atoms with van der Waals surface area (Å²) in [6.45, 7) is 2.02. The minimum atomic E-state index is 0.573. The van der Waals surface area contributed by atoms with Gasteiger partial charge in [-0.15, -0.1) is 0 Å². The van der Waals surface area contributed by atoms with Gasteiger partial charge >= 0.3 is 0 Å². The van der Waals surface area contributed by atoms with E-state index in [0.717, 1.165) is 38.2 Å². The molecule has 0 bridgehead atoms. The lowest BCUT2D eigenvalue weighted by atomic mass is 9.95. The minimum absolute atomic E-state index is 0.573. The smallest absolute Gasteiger partial charge is 0.175 e. The Balaban J connectivity index is 1.69. The Morgan fingerprint density at radius 3 is 3.00 bits per heavy atom. The van der Waals surface area contributed by atoms with Crippen molar-refractivity contribution in [3.05, 3.63) is 12.0 Å². The Morgan fingerprint density at radius 1 is 1.41 bits per heavy atom. The van der Waals surface area contributed by atoms with Crippen molar-refractivity contribution in [1.82, 2.24) is 9.66 Å². The largest absolute Gasteiger partial charge is 0.312 e. The van der Waals surface area contributed by atoms with E-state index in [4.69, 9.17) is 5.26 Å². The van der Waals surface area contributed by atoms with Crippen molar-refractivity contribution in [2.45, 2.75) is 25.7 Å². The normalized spacial score (nSPS) is 19.4. The summed E-state index contributed by atoms with van der Waals surface area (Å²) in [5.41, 5.74) is 1.20. The van der Waals surface area contributed by atoms with Gasteiger partial charge in [0.05, 0.1) is 11.8 Å². The molecule has 0 aromatic carbocycles. The van der Waals surface area contributed by atoms with Crippen LogP contribution in [0, 0.1) is 17.2 Å². The molecule has 3 heterocycles. The molecule has 1 aromatic heterocycles. The first-order chi connectivity index (χ1) is 8.38. The molecule has 0 unspecified atom stereocenters. The van der Waals surface area contributed by atoms with Crippen LogP contribution in [0.15, 0.2) is 11.3 Å². The highest BCUT2D eigenvalue weighted by Gasteiger charge is 2.22. The first-order valence-corrected chi connectivity index (χ1v) is 6.09. The summed E-state index contributed by atoms with van der Waals surface area (Å²) >= 11 is 0. The summed E-state index contributed by atoms with van der Waals surface area (Å²) < 4.78 is 2.14. The number of nitrogens with zero attached hydrogens (tertiary/aromatic N) is 5. The fraction of sp³-hybridized carbons (Fsp3) is 0.583. The quantitative estimate of drug-likeness (QED) is 0.770. The third-order valence-electron chi connectivity index (χ3n) is 3.60. The number of nitriles is 1. The Hall–Kier alpha value is -1.83. The highest BCUT2D eigenvalue weighted by Crippen LogP contribution is 2.25. The lowest BCUT2D eigenvalue weighted by Gasteiger charge is -2.33. The number of piperidine rings is 1. The molecule has 0 N–H and O–H groups in total. The number of rotatable bonds is 2. The van der Waals surface area contributed by atoms with Crippen molar-refractivity contribution in [2.75, 3.05) is 18.1 Å². The van der Waals surface area contributed by atoms with Gasteiger partial charge in [0, 0.05) is 32.1 Å². The maximum atomic E-state index is 8.70. The van der Waals surface area contributed by atoms with Gasteiger partial charge < -0.3 is 5.01 Å². The second-order valence-electron chi connectivity index (χ2n) is 4.63. The SMILES string of the molecule is N#CCC1CCN(n2cnc3c2CC=N3)CC1. The highest BCUT2D eigenvalue weighted by atomic mass is 15.6. The van der Waals surface area contributed by atoms with Crippen LogP contribution in [-0.4, -0.2) is 29.0 Å². The van der Waals surface area contributed by atoms with Crippen LogP contribution in [0.1, 0.15) is 25.0 Å². The predicted molar refractivity (Wildman–Crippen MR) is 65.0 cm³/mol. The lowest BCUT2D eigenvalue weighted by molar-refractivity contribution is 0.366. The van der Waals surface area contributed by atoms with Gasteiger partial charge in [0.2, 0.25) is 0 Å². The molecule has 1 aromatic rings. The second kappa shape index (κ2) is 4.21. The highest BCUT2D eigenvalue weighted by molar-refractivity contribution is 5.72. The molecule has 0 aliphatic carbocycles. The molecule has 0 saturated carbocycles. The molecule has 0 radical (unpaired) electrons. The van der Waals surface area contributed by atoms with Crippen LogP contribution >= 0.6 is 0 Å². The number of imidazole rings is 1. The topological polar surface area (TPSA) is 57.2 Å². The summed E-state index contributed by atoms with van der Waals surface area (Å²) in [5.74, 6) is 1.44. The first kappa shape index (κ1) is 10.3. The van der Waals surface area contributed by atoms with E-state index in [1.54, 1.807) is 0 Å². The van der Waals surface area contributed by atoms with E-state index >= 15 is 0 Å². The standard InChI is InChI=1S/C12H15N5/c13-5-1-10-3-7-16(8-4-10)17-9-15-12-11(17)2-6-14-12/h6,9-10H,1-4,7-8H2. The molecule has 88 valence electrons. The van der Waals surface area contributed by atoms with Crippen molar-refractivity contribution >= 4 is 12.0 Å². The average molecular weight is 229 g/mol. The summed E-state index contributed by atoms with van der Waals surface area (Å²) in [5, 5.41) is 11.0. The fourth-order valence-corrected chi connectivity index (χ4v) is 2.58. The van der Waals surface area contributed by atoms with Crippen LogP contribution in [0.25, 0.3) is 0 Å². The Kier molecular flexibility index (Phi) is 2.56. The Labute approximate surface area is 100 Å². The van der Waals surface area contributed by atoms with Crippen LogP contribution < -0.4 is 5.01 Å². The van der Waals surface area contributed by atoms with Crippen molar-refractivity contribution in [3.63, 3.8) is 0 Å². The monoisotopic (exact) mass is 229 g/mol. The van der Waals surface area contributed by atoms with E-state index in [1.165, 1.54) is 5.69 Å². The molecule has 0 spiro atoms. The molecular weight excluding hydrogens is 214 g/mol. The molecule has 5 nitrogen and oxygen atoms in total. The van der Waals surface area contributed by atoms with Crippen molar-refractivity contribution in [1.29, 1.82) is 5.26 Å². The number of hydrogen-bond acceptors (Lipinski definition) is 4. The van der Waals surface area contributed by atoms with Crippen LogP contribution in [0.5, 0.6) is 0 Å². The second-order valence-corrected chi connectivity index (χ2v) is 4.63. The fourth-order valence-electron chi connectivity index (χ4n) is 2.58. The molecule has 17 heavy (non-hydrogen) atoms. The molecule has 2 aliphatic rings. The lowest BCUT2D eigenvalue weighted by Crippen LogP contribution is -2.42. The summed E-state index contributed by atoms with van der Waals surface area (Å²) in [6, 6.07) is 2.27.